The third-order valence-corrected chi connectivity index (χ3v) is 5.26. The van der Waals surface area contributed by atoms with Crippen LogP contribution in [0.25, 0.3) is 10.9 Å². The average Bonchev–Trinajstić information content (AvgIpc) is 3.06. The van der Waals surface area contributed by atoms with Crippen LogP contribution < -0.4 is 0 Å². The van der Waals surface area contributed by atoms with Crippen LogP contribution in [-0.2, 0) is 11.2 Å². The molecule has 2 aromatic carbocycles. The van der Waals surface area contributed by atoms with Gasteiger partial charge in [-0.1, -0.05) is 18.2 Å². The van der Waals surface area contributed by atoms with Gasteiger partial charge in [-0.2, -0.15) is 0 Å². The number of fused-ring (bicyclic) bond motifs is 1. The zero-order chi connectivity index (χ0) is 18.1. The van der Waals surface area contributed by atoms with Gasteiger partial charge in [0.25, 0.3) is 0 Å². The number of nitrogens with zero attached hydrogens (tertiary/aromatic N) is 1. The van der Waals surface area contributed by atoms with Crippen LogP contribution in [0.4, 0.5) is 8.78 Å². The molecule has 2 heterocycles. The summed E-state index contributed by atoms with van der Waals surface area (Å²) in [6.45, 7) is 1.32. The number of amides is 1. The van der Waals surface area contributed by atoms with E-state index in [2.05, 4.69) is 4.98 Å². The van der Waals surface area contributed by atoms with E-state index >= 15 is 0 Å². The number of likely N-dealkylation sites (tertiary alicyclic amines) is 1. The van der Waals surface area contributed by atoms with Gasteiger partial charge >= 0.3 is 0 Å². The van der Waals surface area contributed by atoms with Gasteiger partial charge in [0.1, 0.15) is 11.6 Å². The largest absolute Gasteiger partial charge is 0.361 e. The lowest BCUT2D eigenvalue weighted by Gasteiger charge is -2.32. The molecule has 1 amide bonds. The smallest absolute Gasteiger partial charge is 0.227 e. The van der Waals surface area contributed by atoms with Crippen molar-refractivity contribution in [1.82, 2.24) is 9.88 Å². The summed E-state index contributed by atoms with van der Waals surface area (Å²) in [5.74, 6) is -0.275. The molecule has 1 saturated heterocycles. The molecule has 4 rings (SSSR count). The molecule has 0 aliphatic carbocycles. The molecule has 0 bridgehead atoms. The Kier molecular flexibility index (Phi) is 4.45. The Morgan fingerprint density at radius 2 is 1.88 bits per heavy atom. The van der Waals surface area contributed by atoms with Crippen molar-refractivity contribution in [2.45, 2.75) is 25.2 Å². The molecule has 1 aromatic heterocycles. The lowest BCUT2D eigenvalue weighted by atomic mass is 9.89. The summed E-state index contributed by atoms with van der Waals surface area (Å²) >= 11 is 0. The second-order valence-corrected chi connectivity index (χ2v) is 6.86. The fraction of sp³-hybridized carbons (Fsp3) is 0.286. The first-order valence-electron chi connectivity index (χ1n) is 8.89. The van der Waals surface area contributed by atoms with E-state index in [0.717, 1.165) is 23.7 Å². The maximum absolute atomic E-state index is 13.7. The Labute approximate surface area is 150 Å². The fourth-order valence-electron chi connectivity index (χ4n) is 3.82. The summed E-state index contributed by atoms with van der Waals surface area (Å²) in [6, 6.07) is 11.2. The van der Waals surface area contributed by atoms with Gasteiger partial charge in [0.05, 0.1) is 6.42 Å². The highest BCUT2D eigenvalue weighted by Crippen LogP contribution is 2.33. The average molecular weight is 354 g/mol. The van der Waals surface area contributed by atoms with Crippen LogP contribution in [0.1, 0.15) is 29.9 Å². The molecular formula is C21H20F2N2O. The van der Waals surface area contributed by atoms with E-state index in [4.69, 9.17) is 0 Å². The summed E-state index contributed by atoms with van der Waals surface area (Å²) in [6.07, 6.45) is 3.76. The maximum Gasteiger partial charge on any atom is 0.227 e. The van der Waals surface area contributed by atoms with Crippen LogP contribution in [0.3, 0.4) is 0 Å². The van der Waals surface area contributed by atoms with E-state index in [0.29, 0.717) is 24.6 Å². The number of hydrogen-bond donors (Lipinski definition) is 1. The van der Waals surface area contributed by atoms with Gasteiger partial charge in [0, 0.05) is 30.2 Å². The summed E-state index contributed by atoms with van der Waals surface area (Å²) in [5.41, 5.74) is 2.43. The van der Waals surface area contributed by atoms with Crippen molar-refractivity contribution in [2.75, 3.05) is 13.1 Å². The van der Waals surface area contributed by atoms with Gasteiger partial charge in [0.2, 0.25) is 5.91 Å². The van der Waals surface area contributed by atoms with Crippen LogP contribution in [-0.4, -0.2) is 28.9 Å². The second-order valence-electron chi connectivity index (χ2n) is 6.86. The highest BCUT2D eigenvalue weighted by molar-refractivity contribution is 5.84. The van der Waals surface area contributed by atoms with Gasteiger partial charge in [-0.15, -0.1) is 0 Å². The van der Waals surface area contributed by atoms with E-state index in [1.165, 1.54) is 23.8 Å². The lowest BCUT2D eigenvalue weighted by Crippen LogP contribution is -2.38. The van der Waals surface area contributed by atoms with Crippen LogP contribution in [0.2, 0.25) is 0 Å². The number of aromatic amines is 1. The third kappa shape index (κ3) is 3.21. The molecule has 1 N–H and O–H groups in total. The number of rotatable bonds is 3. The van der Waals surface area contributed by atoms with E-state index < -0.39 is 0 Å². The second kappa shape index (κ2) is 6.90. The first kappa shape index (κ1) is 16.8. The molecule has 5 heteroatoms. The number of piperidine rings is 1. The molecule has 1 aliphatic rings. The fourth-order valence-corrected chi connectivity index (χ4v) is 3.82. The molecule has 3 nitrogen and oxygen atoms in total. The molecule has 0 spiro atoms. The van der Waals surface area contributed by atoms with Crippen LogP contribution in [0.5, 0.6) is 0 Å². The van der Waals surface area contributed by atoms with Gasteiger partial charge in [-0.25, -0.2) is 8.78 Å². The van der Waals surface area contributed by atoms with Gasteiger partial charge in [0.15, 0.2) is 0 Å². The zero-order valence-electron chi connectivity index (χ0n) is 14.3. The van der Waals surface area contributed by atoms with Gasteiger partial charge in [-0.3, -0.25) is 4.79 Å². The standard InChI is InChI=1S/C21H20F2N2O/c22-16-5-6-17-18(13-24-20(17)12-16)14-7-9-25(10-8-14)21(26)11-15-3-1-2-4-19(15)23/h1-6,12-14,24H,7-11H2. The molecular weight excluding hydrogens is 334 g/mol. The van der Waals surface area contributed by atoms with Crippen molar-refractivity contribution in [3.05, 3.63) is 71.4 Å². The molecule has 26 heavy (non-hydrogen) atoms. The van der Waals surface area contributed by atoms with Gasteiger partial charge in [-0.05, 0) is 54.2 Å². The van der Waals surface area contributed by atoms with E-state index in [1.54, 1.807) is 18.2 Å². The van der Waals surface area contributed by atoms with E-state index in [1.807, 2.05) is 17.2 Å². The molecule has 1 aliphatic heterocycles. The first-order valence-corrected chi connectivity index (χ1v) is 8.89. The van der Waals surface area contributed by atoms with Crippen molar-refractivity contribution < 1.29 is 13.6 Å². The monoisotopic (exact) mass is 354 g/mol. The van der Waals surface area contributed by atoms with Crippen molar-refractivity contribution in [3.8, 4) is 0 Å². The Bertz CT molecular complexity index is 942. The quantitative estimate of drug-likeness (QED) is 0.744. The normalized spacial score (nSPS) is 15.5. The number of carbonyl (C=O) groups excluding carboxylic acids is 1. The van der Waals surface area contributed by atoms with Crippen molar-refractivity contribution in [2.24, 2.45) is 0 Å². The zero-order valence-corrected chi connectivity index (χ0v) is 14.3. The lowest BCUT2D eigenvalue weighted by molar-refractivity contribution is -0.131. The minimum atomic E-state index is -0.332. The van der Waals surface area contributed by atoms with Crippen molar-refractivity contribution in [3.63, 3.8) is 0 Å². The summed E-state index contributed by atoms with van der Waals surface area (Å²) < 4.78 is 27.1. The Balaban J connectivity index is 1.42. The van der Waals surface area contributed by atoms with Crippen molar-refractivity contribution >= 4 is 16.8 Å². The highest BCUT2D eigenvalue weighted by Gasteiger charge is 2.25. The summed E-state index contributed by atoms with van der Waals surface area (Å²) in [5, 5.41) is 1.04. The first-order chi connectivity index (χ1) is 12.6. The predicted molar refractivity (Wildman–Crippen MR) is 96.9 cm³/mol. The number of benzene rings is 2. The number of carbonyl (C=O) groups is 1. The molecule has 0 saturated carbocycles. The number of H-pyrrole nitrogens is 1. The Morgan fingerprint density at radius 3 is 2.65 bits per heavy atom. The van der Waals surface area contributed by atoms with Crippen LogP contribution >= 0.6 is 0 Å². The Morgan fingerprint density at radius 1 is 1.12 bits per heavy atom. The Hall–Kier alpha value is -2.69. The molecule has 0 unspecified atom stereocenters. The summed E-state index contributed by atoms with van der Waals surface area (Å²) in [7, 11) is 0. The van der Waals surface area contributed by atoms with Crippen LogP contribution in [0.15, 0.2) is 48.7 Å². The van der Waals surface area contributed by atoms with E-state index in [9.17, 15) is 13.6 Å². The summed E-state index contributed by atoms with van der Waals surface area (Å²) in [4.78, 5) is 17.4. The predicted octanol–water partition coefficient (Wildman–Crippen LogP) is 4.39. The number of hydrogen-bond acceptors (Lipinski definition) is 1. The maximum atomic E-state index is 13.7. The SMILES string of the molecule is O=C(Cc1ccccc1F)N1CCC(c2c[nH]c3cc(F)ccc23)CC1. The van der Waals surface area contributed by atoms with E-state index in [-0.39, 0.29) is 24.0 Å². The topological polar surface area (TPSA) is 36.1 Å². The minimum absolute atomic E-state index is 0.0328. The van der Waals surface area contributed by atoms with Crippen molar-refractivity contribution in [1.29, 1.82) is 0 Å². The molecule has 0 atom stereocenters. The molecule has 3 aromatic rings. The van der Waals surface area contributed by atoms with Crippen LogP contribution in [0, 0.1) is 11.6 Å². The number of nitrogens with one attached hydrogen (secondary N) is 1. The molecule has 134 valence electrons. The number of halogens is 2. The molecule has 1 fully saturated rings. The van der Waals surface area contributed by atoms with Gasteiger partial charge < -0.3 is 9.88 Å². The third-order valence-electron chi connectivity index (χ3n) is 5.26. The highest BCUT2D eigenvalue weighted by atomic mass is 19.1. The minimum Gasteiger partial charge on any atom is -0.361 e. The number of aromatic nitrogens is 1. The molecule has 0 radical (unpaired) electrons.